The molecule has 0 atom stereocenters. The van der Waals surface area contributed by atoms with Crippen molar-refractivity contribution in [1.29, 1.82) is 0 Å². The number of Topliss-reactive ketones (excluding diaryl/α,β-unsaturated/α-hetero) is 1. The predicted molar refractivity (Wildman–Crippen MR) is 63.2 cm³/mol. The zero-order chi connectivity index (χ0) is 16.0. The molecule has 1 aromatic carbocycles. The number of hydrogen-bond acceptors (Lipinski definition) is 4. The van der Waals surface area contributed by atoms with Crippen molar-refractivity contribution in [2.75, 3.05) is 13.2 Å². The molecule has 0 N–H and O–H groups in total. The van der Waals surface area contributed by atoms with E-state index in [0.29, 0.717) is 11.3 Å². The van der Waals surface area contributed by atoms with Gasteiger partial charge in [-0.3, -0.25) is 9.59 Å². The Bertz CT molecular complexity index is 499. The van der Waals surface area contributed by atoms with Gasteiger partial charge in [-0.15, -0.1) is 0 Å². The van der Waals surface area contributed by atoms with E-state index in [4.69, 9.17) is 10.2 Å². The molecule has 1 rings (SSSR count). The second-order valence-electron chi connectivity index (χ2n) is 3.27. The standard InChI is InChI=1S/C13H16O4/c1-3-16-13(15)8-9-17-12-6-4-11(5-7-12)10(2)14/h4-7H,3,8-9H2,1-2H3/i1D2,3D2. The lowest BCUT2D eigenvalue weighted by Gasteiger charge is -2.06. The van der Waals surface area contributed by atoms with Crippen LogP contribution in [-0.2, 0) is 9.53 Å². The SMILES string of the molecule is [2H]C([2H])C([2H])([2H])OC(=O)CCOc1ccc(C(C)=O)cc1. The molecule has 0 spiro atoms. The molecule has 0 heterocycles. The van der Waals surface area contributed by atoms with Crippen LogP contribution in [0.4, 0.5) is 0 Å². The topological polar surface area (TPSA) is 52.6 Å². The van der Waals surface area contributed by atoms with E-state index in [1.165, 1.54) is 6.92 Å². The van der Waals surface area contributed by atoms with Gasteiger partial charge in [0.25, 0.3) is 0 Å². The van der Waals surface area contributed by atoms with Crippen LogP contribution >= 0.6 is 0 Å². The van der Waals surface area contributed by atoms with Crippen LogP contribution in [0.2, 0.25) is 0 Å². The molecule has 0 aliphatic rings. The highest BCUT2D eigenvalue weighted by Gasteiger charge is 2.03. The molecule has 0 aromatic heterocycles. The first-order valence-electron chi connectivity index (χ1n) is 7.18. The van der Waals surface area contributed by atoms with E-state index in [-0.39, 0.29) is 18.8 Å². The molecule has 0 saturated carbocycles. The predicted octanol–water partition coefficient (Wildman–Crippen LogP) is 2.22. The van der Waals surface area contributed by atoms with Crippen molar-refractivity contribution in [3.63, 3.8) is 0 Å². The van der Waals surface area contributed by atoms with Crippen LogP contribution in [0, 0.1) is 0 Å². The summed E-state index contributed by atoms with van der Waals surface area (Å²) < 4.78 is 37.7. The van der Waals surface area contributed by atoms with Gasteiger partial charge in [-0.1, -0.05) is 0 Å². The van der Waals surface area contributed by atoms with E-state index in [2.05, 4.69) is 4.74 Å². The molecule has 1 aromatic rings. The van der Waals surface area contributed by atoms with E-state index in [1.54, 1.807) is 24.3 Å². The molecule has 0 aliphatic carbocycles. The molecule has 0 unspecified atom stereocenters. The van der Waals surface area contributed by atoms with Gasteiger partial charge in [-0.05, 0) is 38.1 Å². The zero-order valence-electron chi connectivity index (χ0n) is 13.4. The maximum Gasteiger partial charge on any atom is 0.309 e. The van der Waals surface area contributed by atoms with Crippen molar-refractivity contribution >= 4 is 11.8 Å². The third-order valence-corrected chi connectivity index (χ3v) is 2.01. The van der Waals surface area contributed by atoms with Crippen LogP contribution in [0.1, 0.15) is 36.1 Å². The minimum atomic E-state index is -2.64. The van der Waals surface area contributed by atoms with Gasteiger partial charge in [0.05, 0.1) is 22.3 Å². The number of ketones is 1. The second-order valence-corrected chi connectivity index (χ2v) is 3.27. The van der Waals surface area contributed by atoms with Gasteiger partial charge in [0, 0.05) is 8.30 Å². The van der Waals surface area contributed by atoms with Crippen LogP contribution < -0.4 is 4.74 Å². The third kappa shape index (κ3) is 4.68. The smallest absolute Gasteiger partial charge is 0.309 e. The highest BCUT2D eigenvalue weighted by molar-refractivity contribution is 5.94. The van der Waals surface area contributed by atoms with Crippen molar-refractivity contribution in [2.24, 2.45) is 0 Å². The van der Waals surface area contributed by atoms with E-state index in [9.17, 15) is 9.59 Å². The summed E-state index contributed by atoms with van der Waals surface area (Å²) in [6.45, 7) is -3.14. The Morgan fingerprint density at radius 1 is 1.35 bits per heavy atom. The van der Waals surface area contributed by atoms with Gasteiger partial charge < -0.3 is 9.47 Å². The van der Waals surface area contributed by atoms with E-state index < -0.39 is 19.4 Å². The summed E-state index contributed by atoms with van der Waals surface area (Å²) in [5, 5.41) is 0. The molecule has 0 aliphatic heterocycles. The molecular formula is C13H16O4. The largest absolute Gasteiger partial charge is 0.493 e. The Morgan fingerprint density at radius 3 is 2.65 bits per heavy atom. The lowest BCUT2D eigenvalue weighted by molar-refractivity contribution is -0.143. The molecule has 4 heteroatoms. The van der Waals surface area contributed by atoms with Crippen LogP contribution in [0.15, 0.2) is 24.3 Å². The monoisotopic (exact) mass is 240 g/mol. The number of esters is 1. The molecule has 0 amide bonds. The van der Waals surface area contributed by atoms with Crippen molar-refractivity contribution in [1.82, 2.24) is 0 Å². The Morgan fingerprint density at radius 2 is 2.06 bits per heavy atom. The van der Waals surface area contributed by atoms with Crippen LogP contribution in [0.3, 0.4) is 0 Å². The van der Waals surface area contributed by atoms with Gasteiger partial charge >= 0.3 is 5.97 Å². The Balaban J connectivity index is 2.40. The van der Waals surface area contributed by atoms with E-state index >= 15 is 0 Å². The normalized spacial score (nSPS) is 14.2. The quantitative estimate of drug-likeness (QED) is 0.565. The summed E-state index contributed by atoms with van der Waals surface area (Å²) in [4.78, 5) is 22.4. The average Bonchev–Trinajstić information content (AvgIpc) is 2.38. The third-order valence-electron chi connectivity index (χ3n) is 2.01. The molecule has 0 bridgehead atoms. The minimum Gasteiger partial charge on any atom is -0.493 e. The summed E-state index contributed by atoms with van der Waals surface area (Å²) in [6, 6.07) is 6.37. The van der Waals surface area contributed by atoms with Gasteiger partial charge in [0.2, 0.25) is 0 Å². The molecule has 17 heavy (non-hydrogen) atoms. The summed E-state index contributed by atoms with van der Waals surface area (Å²) in [5.74, 6) is -0.479. The van der Waals surface area contributed by atoms with Crippen LogP contribution in [-0.4, -0.2) is 24.9 Å². The maximum absolute atomic E-state index is 11.3. The van der Waals surface area contributed by atoms with E-state index in [0.717, 1.165) is 0 Å². The fourth-order valence-corrected chi connectivity index (χ4v) is 1.15. The second kappa shape index (κ2) is 6.68. The van der Waals surface area contributed by atoms with Crippen molar-refractivity contribution < 1.29 is 24.5 Å². The van der Waals surface area contributed by atoms with Crippen molar-refractivity contribution in [3.05, 3.63) is 29.8 Å². The fraction of sp³-hybridized carbons (Fsp3) is 0.385. The van der Waals surface area contributed by atoms with Gasteiger partial charge in [-0.2, -0.15) is 0 Å². The Kier molecular flexibility index (Phi) is 3.25. The molecule has 0 fully saturated rings. The van der Waals surface area contributed by atoms with Crippen LogP contribution in [0.25, 0.3) is 0 Å². The van der Waals surface area contributed by atoms with Gasteiger partial charge in [0.15, 0.2) is 5.78 Å². The summed E-state index contributed by atoms with van der Waals surface area (Å²) in [5.41, 5.74) is 0.548. The van der Waals surface area contributed by atoms with Gasteiger partial charge in [-0.25, -0.2) is 0 Å². The summed E-state index contributed by atoms with van der Waals surface area (Å²) in [6.07, 6.45) is -0.208. The molecule has 0 saturated heterocycles. The fourth-order valence-electron chi connectivity index (χ4n) is 1.15. The first-order chi connectivity index (χ1) is 9.72. The number of hydrogen-bond donors (Lipinski definition) is 0. The van der Waals surface area contributed by atoms with Crippen molar-refractivity contribution in [3.8, 4) is 5.75 Å². The molecular weight excluding hydrogens is 220 g/mol. The lowest BCUT2D eigenvalue weighted by Crippen LogP contribution is -2.09. The minimum absolute atomic E-state index is 0.0327. The van der Waals surface area contributed by atoms with Crippen molar-refractivity contribution in [2.45, 2.75) is 20.2 Å². The molecule has 0 radical (unpaired) electrons. The number of benzene rings is 1. The summed E-state index contributed by atoms with van der Waals surface area (Å²) >= 11 is 0. The number of rotatable bonds is 6. The highest BCUT2D eigenvalue weighted by atomic mass is 16.5. The first kappa shape index (κ1) is 8.28. The molecule has 4 nitrogen and oxygen atoms in total. The molecule has 92 valence electrons. The number of carbonyl (C=O) groups excluding carboxylic acids is 2. The zero-order valence-corrected chi connectivity index (χ0v) is 9.43. The Labute approximate surface area is 106 Å². The van der Waals surface area contributed by atoms with Crippen LogP contribution in [0.5, 0.6) is 5.75 Å². The Hall–Kier alpha value is -1.84. The number of carbonyl (C=O) groups is 2. The first-order valence-corrected chi connectivity index (χ1v) is 5.02. The average molecular weight is 240 g/mol. The van der Waals surface area contributed by atoms with Gasteiger partial charge in [0.1, 0.15) is 5.75 Å². The number of ether oxygens (including phenoxy) is 2. The van der Waals surface area contributed by atoms with E-state index in [1.807, 2.05) is 0 Å². The highest BCUT2D eigenvalue weighted by Crippen LogP contribution is 2.12. The maximum atomic E-state index is 11.3. The lowest BCUT2D eigenvalue weighted by atomic mass is 10.1. The summed E-state index contributed by atoms with van der Waals surface area (Å²) in [7, 11) is 0.